The summed E-state index contributed by atoms with van der Waals surface area (Å²) in [4.78, 5) is 18.8. The second kappa shape index (κ2) is 6.39. The van der Waals surface area contributed by atoms with E-state index in [1.165, 1.54) is 11.8 Å². The summed E-state index contributed by atoms with van der Waals surface area (Å²) in [6.45, 7) is 6.28. The molecule has 0 radical (unpaired) electrons. The summed E-state index contributed by atoms with van der Waals surface area (Å²) in [5, 5.41) is 14.4. The maximum Gasteiger partial charge on any atom is 0.322 e. The SMILES string of the molecule is CCCSc1nc(NCC)nc(C)c1[N+](=O)[O-]. The van der Waals surface area contributed by atoms with Gasteiger partial charge >= 0.3 is 5.69 Å². The predicted octanol–water partition coefficient (Wildman–Crippen LogP) is 2.63. The highest BCUT2D eigenvalue weighted by Gasteiger charge is 2.21. The van der Waals surface area contributed by atoms with E-state index in [-0.39, 0.29) is 5.69 Å². The molecule has 1 heterocycles. The maximum absolute atomic E-state index is 11.0. The van der Waals surface area contributed by atoms with Crippen LogP contribution in [0.3, 0.4) is 0 Å². The molecule has 0 atom stereocenters. The van der Waals surface area contributed by atoms with E-state index < -0.39 is 4.92 Å². The van der Waals surface area contributed by atoms with Crippen LogP contribution in [0.15, 0.2) is 5.03 Å². The molecule has 0 amide bonds. The van der Waals surface area contributed by atoms with Gasteiger partial charge in [-0.3, -0.25) is 10.1 Å². The lowest BCUT2D eigenvalue weighted by atomic mass is 10.4. The van der Waals surface area contributed by atoms with Gasteiger partial charge in [0.05, 0.1) is 4.92 Å². The van der Waals surface area contributed by atoms with Gasteiger partial charge in [-0.25, -0.2) is 4.98 Å². The molecule has 7 heteroatoms. The third-order valence-corrected chi connectivity index (χ3v) is 3.16. The Balaban J connectivity index is 3.14. The number of anilines is 1. The summed E-state index contributed by atoms with van der Waals surface area (Å²) in [6.07, 6.45) is 0.946. The van der Waals surface area contributed by atoms with Crippen LogP contribution >= 0.6 is 11.8 Å². The van der Waals surface area contributed by atoms with Gasteiger partial charge < -0.3 is 5.32 Å². The zero-order valence-electron chi connectivity index (χ0n) is 10.2. The summed E-state index contributed by atoms with van der Waals surface area (Å²) >= 11 is 1.40. The summed E-state index contributed by atoms with van der Waals surface area (Å²) < 4.78 is 0. The molecule has 0 bridgehead atoms. The molecular formula is C10H16N4O2S. The van der Waals surface area contributed by atoms with Crippen LogP contribution in [0.4, 0.5) is 11.6 Å². The van der Waals surface area contributed by atoms with Crippen molar-refractivity contribution in [1.29, 1.82) is 0 Å². The number of aryl methyl sites for hydroxylation is 1. The van der Waals surface area contributed by atoms with Crippen LogP contribution in [0.5, 0.6) is 0 Å². The fraction of sp³-hybridized carbons (Fsp3) is 0.600. The highest BCUT2D eigenvalue weighted by molar-refractivity contribution is 7.99. The minimum Gasteiger partial charge on any atom is -0.354 e. The molecule has 0 aliphatic carbocycles. The van der Waals surface area contributed by atoms with Gasteiger partial charge in [-0.2, -0.15) is 4.98 Å². The van der Waals surface area contributed by atoms with Crippen molar-refractivity contribution in [1.82, 2.24) is 9.97 Å². The van der Waals surface area contributed by atoms with E-state index in [9.17, 15) is 10.1 Å². The Kier molecular flexibility index (Phi) is 5.14. The van der Waals surface area contributed by atoms with Gasteiger partial charge in [-0.1, -0.05) is 18.7 Å². The van der Waals surface area contributed by atoms with Crippen molar-refractivity contribution in [2.24, 2.45) is 0 Å². The second-order valence-corrected chi connectivity index (χ2v) is 4.51. The average molecular weight is 256 g/mol. The van der Waals surface area contributed by atoms with E-state index in [0.717, 1.165) is 12.2 Å². The van der Waals surface area contributed by atoms with Crippen molar-refractivity contribution in [3.8, 4) is 0 Å². The fourth-order valence-electron chi connectivity index (χ4n) is 1.29. The molecule has 17 heavy (non-hydrogen) atoms. The number of rotatable bonds is 6. The van der Waals surface area contributed by atoms with Gasteiger partial charge in [0.1, 0.15) is 5.69 Å². The number of hydrogen-bond acceptors (Lipinski definition) is 6. The molecule has 0 unspecified atom stereocenters. The van der Waals surface area contributed by atoms with E-state index in [1.807, 2.05) is 13.8 Å². The summed E-state index contributed by atoms with van der Waals surface area (Å²) in [6, 6.07) is 0. The minimum absolute atomic E-state index is 0.0186. The molecule has 0 saturated carbocycles. The largest absolute Gasteiger partial charge is 0.354 e. The Morgan fingerprint density at radius 1 is 1.41 bits per heavy atom. The van der Waals surface area contributed by atoms with Gasteiger partial charge in [0.2, 0.25) is 5.95 Å². The van der Waals surface area contributed by atoms with E-state index in [0.29, 0.717) is 23.2 Å². The maximum atomic E-state index is 11.0. The van der Waals surface area contributed by atoms with Crippen LogP contribution in [0.25, 0.3) is 0 Å². The van der Waals surface area contributed by atoms with Gasteiger partial charge in [-0.05, 0) is 26.0 Å². The molecule has 0 fully saturated rings. The van der Waals surface area contributed by atoms with Crippen molar-refractivity contribution >= 4 is 23.4 Å². The summed E-state index contributed by atoms with van der Waals surface area (Å²) in [5.41, 5.74) is 0.421. The van der Waals surface area contributed by atoms with Crippen LogP contribution in [-0.4, -0.2) is 27.2 Å². The molecule has 0 aliphatic rings. The molecule has 1 aromatic rings. The number of thioether (sulfide) groups is 1. The highest BCUT2D eigenvalue weighted by Crippen LogP contribution is 2.30. The number of nitro groups is 1. The molecular weight excluding hydrogens is 240 g/mol. The van der Waals surface area contributed by atoms with Gasteiger partial charge in [0, 0.05) is 6.54 Å². The molecule has 0 saturated heterocycles. The zero-order chi connectivity index (χ0) is 12.8. The Labute approximate surface area is 104 Å². The molecule has 0 aliphatic heterocycles. The lowest BCUT2D eigenvalue weighted by Crippen LogP contribution is -2.07. The summed E-state index contributed by atoms with van der Waals surface area (Å²) in [7, 11) is 0. The second-order valence-electron chi connectivity index (χ2n) is 3.42. The van der Waals surface area contributed by atoms with E-state index >= 15 is 0 Å². The van der Waals surface area contributed by atoms with Crippen molar-refractivity contribution < 1.29 is 4.92 Å². The standard InChI is InChI=1S/C10H16N4O2S/c1-4-6-17-9-8(14(15)16)7(3)12-10(13-9)11-5-2/h4-6H2,1-3H3,(H,11,12,13). The van der Waals surface area contributed by atoms with E-state index in [4.69, 9.17) is 0 Å². The highest BCUT2D eigenvalue weighted by atomic mass is 32.2. The first-order valence-electron chi connectivity index (χ1n) is 5.49. The topological polar surface area (TPSA) is 81.0 Å². The predicted molar refractivity (Wildman–Crippen MR) is 68.6 cm³/mol. The lowest BCUT2D eigenvalue weighted by molar-refractivity contribution is -0.389. The summed E-state index contributed by atoms with van der Waals surface area (Å²) in [5.74, 6) is 1.26. The normalized spacial score (nSPS) is 10.3. The molecule has 0 spiro atoms. The first-order valence-corrected chi connectivity index (χ1v) is 6.48. The molecule has 1 rings (SSSR count). The van der Waals surface area contributed by atoms with Crippen LogP contribution < -0.4 is 5.32 Å². The first-order chi connectivity index (χ1) is 8.10. The van der Waals surface area contributed by atoms with Crippen LogP contribution in [0, 0.1) is 17.0 Å². The fourth-order valence-corrected chi connectivity index (χ4v) is 2.19. The average Bonchev–Trinajstić information content (AvgIpc) is 2.25. The van der Waals surface area contributed by atoms with E-state index in [2.05, 4.69) is 15.3 Å². The Morgan fingerprint density at radius 2 is 2.12 bits per heavy atom. The number of nitrogens with zero attached hydrogens (tertiary/aromatic N) is 3. The van der Waals surface area contributed by atoms with E-state index in [1.54, 1.807) is 6.92 Å². The quantitative estimate of drug-likeness (QED) is 0.365. The molecule has 94 valence electrons. The molecule has 0 aromatic carbocycles. The molecule has 1 N–H and O–H groups in total. The number of hydrogen-bond donors (Lipinski definition) is 1. The lowest BCUT2D eigenvalue weighted by Gasteiger charge is -2.07. The van der Waals surface area contributed by atoms with Crippen LogP contribution in [0.2, 0.25) is 0 Å². The van der Waals surface area contributed by atoms with Crippen molar-refractivity contribution in [3.05, 3.63) is 15.8 Å². The van der Waals surface area contributed by atoms with Crippen molar-refractivity contribution in [3.63, 3.8) is 0 Å². The third kappa shape index (κ3) is 3.55. The molecule has 6 nitrogen and oxygen atoms in total. The molecule has 1 aromatic heterocycles. The van der Waals surface area contributed by atoms with Gasteiger partial charge in [0.15, 0.2) is 5.03 Å². The van der Waals surface area contributed by atoms with Gasteiger partial charge in [0.25, 0.3) is 0 Å². The van der Waals surface area contributed by atoms with Crippen molar-refractivity contribution in [2.45, 2.75) is 32.2 Å². The minimum atomic E-state index is -0.414. The van der Waals surface area contributed by atoms with Gasteiger partial charge in [-0.15, -0.1) is 0 Å². The third-order valence-electron chi connectivity index (χ3n) is 1.99. The smallest absolute Gasteiger partial charge is 0.322 e. The number of aromatic nitrogens is 2. The first kappa shape index (κ1) is 13.7. The van der Waals surface area contributed by atoms with Crippen LogP contribution in [0.1, 0.15) is 26.0 Å². The monoisotopic (exact) mass is 256 g/mol. The van der Waals surface area contributed by atoms with Crippen LogP contribution in [-0.2, 0) is 0 Å². The Hall–Kier alpha value is -1.37. The number of nitrogens with one attached hydrogen (secondary N) is 1. The Morgan fingerprint density at radius 3 is 2.65 bits per heavy atom. The zero-order valence-corrected chi connectivity index (χ0v) is 11.0. The van der Waals surface area contributed by atoms with Crippen molar-refractivity contribution in [2.75, 3.05) is 17.6 Å². The Bertz CT molecular complexity index is 412.